The number of hydrogen-bond donors (Lipinski definition) is 3. The number of amides is 1. The second-order valence-electron chi connectivity index (χ2n) is 5.63. The number of sulfonamides is 1. The standard InChI is InChI=1S/C16H15FN2O5S/c17-13-5-1-11(2-6-13)12-3-7-14(8-4-12)25(22,23)19-16(9-10-16)24-15(20)18-21/h1-8,19,21H,9-10H2,(H,18,20). The summed E-state index contributed by atoms with van der Waals surface area (Å²) in [7, 11) is -3.91. The first-order chi connectivity index (χ1) is 11.8. The molecule has 0 bridgehead atoms. The zero-order chi connectivity index (χ0) is 18.1. The summed E-state index contributed by atoms with van der Waals surface area (Å²) in [4.78, 5) is 11.1. The largest absolute Gasteiger partial charge is 0.432 e. The van der Waals surface area contributed by atoms with Gasteiger partial charge >= 0.3 is 6.09 Å². The monoisotopic (exact) mass is 366 g/mol. The fraction of sp³-hybridized carbons (Fsp3) is 0.188. The number of hydroxylamine groups is 1. The molecule has 1 saturated carbocycles. The van der Waals surface area contributed by atoms with E-state index < -0.39 is 21.8 Å². The molecule has 0 heterocycles. The molecular formula is C16H15FN2O5S. The highest BCUT2D eigenvalue weighted by molar-refractivity contribution is 7.89. The number of ether oxygens (including phenoxy) is 1. The molecule has 1 fully saturated rings. The fourth-order valence-electron chi connectivity index (χ4n) is 2.31. The summed E-state index contributed by atoms with van der Waals surface area (Å²) >= 11 is 0. The molecule has 132 valence electrons. The van der Waals surface area contributed by atoms with Crippen LogP contribution in [0.25, 0.3) is 11.1 Å². The van der Waals surface area contributed by atoms with Crippen LogP contribution in [-0.2, 0) is 14.8 Å². The van der Waals surface area contributed by atoms with Crippen LogP contribution < -0.4 is 10.2 Å². The van der Waals surface area contributed by atoms with Crippen LogP contribution >= 0.6 is 0 Å². The first-order valence-electron chi connectivity index (χ1n) is 7.37. The molecule has 9 heteroatoms. The van der Waals surface area contributed by atoms with Crippen molar-refractivity contribution in [2.24, 2.45) is 0 Å². The van der Waals surface area contributed by atoms with E-state index in [9.17, 15) is 17.6 Å². The molecule has 1 amide bonds. The van der Waals surface area contributed by atoms with E-state index in [2.05, 4.69) is 4.72 Å². The van der Waals surface area contributed by atoms with Crippen molar-refractivity contribution in [3.8, 4) is 11.1 Å². The number of carbonyl (C=O) groups excluding carboxylic acids is 1. The average Bonchev–Trinajstić information content (AvgIpc) is 3.33. The summed E-state index contributed by atoms with van der Waals surface area (Å²) in [6.07, 6.45) is -0.507. The van der Waals surface area contributed by atoms with E-state index in [1.807, 2.05) is 0 Å². The number of benzene rings is 2. The van der Waals surface area contributed by atoms with Crippen molar-refractivity contribution in [2.75, 3.05) is 0 Å². The van der Waals surface area contributed by atoms with Gasteiger partial charge in [-0.2, -0.15) is 4.72 Å². The van der Waals surface area contributed by atoms with E-state index in [0.29, 0.717) is 12.8 Å². The van der Waals surface area contributed by atoms with Crippen molar-refractivity contribution < 1.29 is 27.5 Å². The van der Waals surface area contributed by atoms with Gasteiger partial charge in [0.25, 0.3) is 0 Å². The van der Waals surface area contributed by atoms with E-state index in [4.69, 9.17) is 9.94 Å². The third-order valence-corrected chi connectivity index (χ3v) is 5.28. The van der Waals surface area contributed by atoms with E-state index in [1.54, 1.807) is 24.3 Å². The molecule has 0 aromatic heterocycles. The summed E-state index contributed by atoms with van der Waals surface area (Å²) in [6.45, 7) is 0. The summed E-state index contributed by atoms with van der Waals surface area (Å²) in [5.74, 6) is -0.353. The SMILES string of the molecule is O=C(NO)OC1(NS(=O)(=O)c2ccc(-c3ccc(F)cc3)cc2)CC1. The van der Waals surface area contributed by atoms with Crippen LogP contribution in [0.2, 0.25) is 0 Å². The quantitative estimate of drug-likeness (QED) is 0.428. The molecule has 0 radical (unpaired) electrons. The van der Waals surface area contributed by atoms with Gasteiger partial charge in [-0.05, 0) is 35.4 Å². The molecule has 1 aliphatic carbocycles. The molecule has 0 atom stereocenters. The van der Waals surface area contributed by atoms with Gasteiger partial charge < -0.3 is 4.74 Å². The molecule has 0 unspecified atom stereocenters. The van der Waals surface area contributed by atoms with Crippen LogP contribution in [0.5, 0.6) is 0 Å². The minimum Gasteiger partial charge on any atom is -0.425 e. The lowest BCUT2D eigenvalue weighted by atomic mass is 10.1. The van der Waals surface area contributed by atoms with Crippen LogP contribution in [0.3, 0.4) is 0 Å². The van der Waals surface area contributed by atoms with Crippen molar-refractivity contribution in [1.29, 1.82) is 0 Å². The second-order valence-corrected chi connectivity index (χ2v) is 7.31. The van der Waals surface area contributed by atoms with E-state index in [1.165, 1.54) is 29.7 Å². The van der Waals surface area contributed by atoms with Gasteiger partial charge in [-0.25, -0.2) is 23.1 Å². The summed E-state index contributed by atoms with van der Waals surface area (Å²) in [6, 6.07) is 11.8. The lowest BCUT2D eigenvalue weighted by Crippen LogP contribution is -2.42. The zero-order valence-corrected chi connectivity index (χ0v) is 13.7. The van der Waals surface area contributed by atoms with Gasteiger partial charge in [0.1, 0.15) is 5.82 Å². The maximum atomic E-state index is 13.0. The number of halogens is 1. The third-order valence-electron chi connectivity index (χ3n) is 3.75. The van der Waals surface area contributed by atoms with E-state index in [-0.39, 0.29) is 10.7 Å². The Labute approximate surface area is 143 Å². The van der Waals surface area contributed by atoms with Gasteiger partial charge in [0, 0.05) is 12.8 Å². The van der Waals surface area contributed by atoms with Gasteiger partial charge in [0.15, 0.2) is 5.72 Å². The lowest BCUT2D eigenvalue weighted by Gasteiger charge is -2.17. The van der Waals surface area contributed by atoms with Crippen molar-refractivity contribution in [1.82, 2.24) is 10.2 Å². The molecule has 2 aromatic rings. The fourth-order valence-corrected chi connectivity index (χ4v) is 3.66. The van der Waals surface area contributed by atoms with E-state index >= 15 is 0 Å². The van der Waals surface area contributed by atoms with Crippen LogP contribution in [0, 0.1) is 5.82 Å². The summed E-state index contributed by atoms with van der Waals surface area (Å²) in [5, 5.41) is 8.47. The van der Waals surface area contributed by atoms with Gasteiger partial charge in [-0.3, -0.25) is 5.21 Å². The van der Waals surface area contributed by atoms with Crippen LogP contribution in [0.1, 0.15) is 12.8 Å². The second kappa shape index (κ2) is 6.43. The highest BCUT2D eigenvalue weighted by atomic mass is 32.2. The predicted octanol–water partition coefficient (Wildman–Crippen LogP) is 2.38. The van der Waals surface area contributed by atoms with Gasteiger partial charge in [-0.15, -0.1) is 0 Å². The van der Waals surface area contributed by atoms with Crippen LogP contribution in [0.15, 0.2) is 53.4 Å². The minimum absolute atomic E-state index is 0.00218. The molecule has 0 saturated heterocycles. The maximum absolute atomic E-state index is 13.0. The summed E-state index contributed by atoms with van der Waals surface area (Å²) in [5.41, 5.74) is 1.44. The molecule has 1 aliphatic rings. The number of hydrogen-bond acceptors (Lipinski definition) is 5. The first-order valence-corrected chi connectivity index (χ1v) is 8.85. The predicted molar refractivity (Wildman–Crippen MR) is 85.5 cm³/mol. The molecule has 2 aromatic carbocycles. The normalized spacial score (nSPS) is 15.4. The molecule has 3 N–H and O–H groups in total. The van der Waals surface area contributed by atoms with Gasteiger partial charge in [0.05, 0.1) is 4.90 Å². The Bertz CT molecular complexity index is 878. The van der Waals surface area contributed by atoms with Crippen molar-refractivity contribution >= 4 is 16.1 Å². The highest BCUT2D eigenvalue weighted by Gasteiger charge is 2.50. The molecular weight excluding hydrogens is 351 g/mol. The smallest absolute Gasteiger partial charge is 0.425 e. The maximum Gasteiger partial charge on any atom is 0.432 e. The van der Waals surface area contributed by atoms with Crippen molar-refractivity contribution in [2.45, 2.75) is 23.5 Å². The average molecular weight is 366 g/mol. The molecule has 25 heavy (non-hydrogen) atoms. The minimum atomic E-state index is -3.91. The number of nitrogens with one attached hydrogen (secondary N) is 2. The molecule has 7 nitrogen and oxygen atoms in total. The highest BCUT2D eigenvalue weighted by Crippen LogP contribution is 2.38. The first kappa shape index (κ1) is 17.3. The Morgan fingerprint density at radius 3 is 2.04 bits per heavy atom. The lowest BCUT2D eigenvalue weighted by molar-refractivity contribution is 0.0405. The Balaban J connectivity index is 1.77. The Morgan fingerprint density at radius 1 is 1.04 bits per heavy atom. The van der Waals surface area contributed by atoms with E-state index in [0.717, 1.165) is 11.1 Å². The third kappa shape index (κ3) is 3.95. The van der Waals surface area contributed by atoms with Gasteiger partial charge in [-0.1, -0.05) is 24.3 Å². The van der Waals surface area contributed by atoms with Crippen molar-refractivity contribution in [3.63, 3.8) is 0 Å². The Hall–Kier alpha value is -2.49. The Kier molecular flexibility index (Phi) is 4.46. The molecule has 3 rings (SSSR count). The van der Waals surface area contributed by atoms with Crippen molar-refractivity contribution in [3.05, 3.63) is 54.3 Å². The number of rotatable bonds is 5. The molecule has 0 aliphatic heterocycles. The zero-order valence-electron chi connectivity index (χ0n) is 12.9. The van der Waals surface area contributed by atoms with Crippen LogP contribution in [-0.4, -0.2) is 25.4 Å². The molecule has 0 spiro atoms. The van der Waals surface area contributed by atoms with Gasteiger partial charge in [0.2, 0.25) is 10.0 Å². The summed E-state index contributed by atoms with van der Waals surface area (Å²) < 4.78 is 44.9. The Morgan fingerprint density at radius 2 is 1.56 bits per heavy atom. The van der Waals surface area contributed by atoms with Crippen LogP contribution in [0.4, 0.5) is 9.18 Å². The number of carbonyl (C=O) groups is 1. The topological polar surface area (TPSA) is 105 Å².